The van der Waals surface area contributed by atoms with Crippen LogP contribution in [0.2, 0.25) is 0 Å². The third kappa shape index (κ3) is 7.09. The number of nitrogens with zero attached hydrogens (tertiary/aromatic N) is 3. The number of rotatable bonds is 8. The van der Waals surface area contributed by atoms with E-state index in [9.17, 15) is 4.79 Å². The fourth-order valence-electron chi connectivity index (χ4n) is 3.07. The van der Waals surface area contributed by atoms with Crippen LogP contribution in [-0.2, 0) is 19.0 Å². The predicted molar refractivity (Wildman–Crippen MR) is 100 cm³/mol. The standard InChI is InChI=1S/C18H34N4O4/c1-21(2)17(23)13-20-18(19-8-12-24-3)22-9-6-15(7-10-22)26-14-16-5-4-11-25-16/h15-16H,4-14H2,1-3H3,(H,19,20). The van der Waals surface area contributed by atoms with E-state index in [-0.39, 0.29) is 24.7 Å². The van der Waals surface area contributed by atoms with E-state index < -0.39 is 0 Å². The Kier molecular flexibility index (Phi) is 9.14. The molecule has 8 heteroatoms. The minimum Gasteiger partial charge on any atom is -0.383 e. The van der Waals surface area contributed by atoms with Crippen molar-refractivity contribution in [3.05, 3.63) is 0 Å². The fourth-order valence-corrected chi connectivity index (χ4v) is 3.07. The summed E-state index contributed by atoms with van der Waals surface area (Å²) in [5.41, 5.74) is 0. The molecule has 1 amide bonds. The maximum absolute atomic E-state index is 11.8. The van der Waals surface area contributed by atoms with E-state index >= 15 is 0 Å². The van der Waals surface area contributed by atoms with Crippen LogP contribution in [0.3, 0.4) is 0 Å². The highest BCUT2D eigenvalue weighted by atomic mass is 16.5. The van der Waals surface area contributed by atoms with Crippen molar-refractivity contribution in [3.63, 3.8) is 0 Å². The minimum absolute atomic E-state index is 0.00850. The number of carbonyl (C=O) groups is 1. The average molecular weight is 370 g/mol. The molecule has 2 saturated heterocycles. The number of hydrogen-bond acceptors (Lipinski definition) is 5. The zero-order valence-electron chi connectivity index (χ0n) is 16.4. The van der Waals surface area contributed by atoms with Gasteiger partial charge in [-0.05, 0) is 25.7 Å². The fraction of sp³-hybridized carbons (Fsp3) is 0.889. The average Bonchev–Trinajstić information content (AvgIpc) is 3.16. The van der Waals surface area contributed by atoms with Gasteiger partial charge in [-0.3, -0.25) is 4.79 Å². The molecule has 0 bridgehead atoms. The number of carbonyl (C=O) groups excluding carboxylic acids is 1. The van der Waals surface area contributed by atoms with Crippen molar-refractivity contribution in [2.24, 2.45) is 4.99 Å². The molecule has 2 rings (SSSR count). The molecule has 2 fully saturated rings. The summed E-state index contributed by atoms with van der Waals surface area (Å²) < 4.78 is 16.7. The monoisotopic (exact) mass is 370 g/mol. The van der Waals surface area contributed by atoms with Gasteiger partial charge in [-0.15, -0.1) is 0 Å². The van der Waals surface area contributed by atoms with Crippen molar-refractivity contribution in [3.8, 4) is 0 Å². The lowest BCUT2D eigenvalue weighted by atomic mass is 10.1. The number of piperidine rings is 1. The first-order valence-corrected chi connectivity index (χ1v) is 9.55. The summed E-state index contributed by atoms with van der Waals surface area (Å²) in [6.45, 7) is 4.72. The van der Waals surface area contributed by atoms with Crippen LogP contribution >= 0.6 is 0 Å². The molecule has 0 spiro atoms. The maximum Gasteiger partial charge on any atom is 0.243 e. The normalized spacial score (nSPS) is 21.9. The van der Waals surface area contributed by atoms with Crippen LogP contribution in [0.4, 0.5) is 0 Å². The molecule has 150 valence electrons. The highest BCUT2D eigenvalue weighted by Crippen LogP contribution is 2.17. The van der Waals surface area contributed by atoms with Gasteiger partial charge in [0.1, 0.15) is 6.54 Å². The molecule has 0 aliphatic carbocycles. The van der Waals surface area contributed by atoms with E-state index in [1.54, 1.807) is 26.1 Å². The molecule has 0 aromatic carbocycles. The smallest absolute Gasteiger partial charge is 0.243 e. The molecule has 2 aliphatic heterocycles. The number of likely N-dealkylation sites (N-methyl/N-ethyl adjacent to an activating group) is 1. The van der Waals surface area contributed by atoms with Crippen molar-refractivity contribution in [1.82, 2.24) is 15.1 Å². The predicted octanol–water partition coefficient (Wildman–Crippen LogP) is 0.327. The first kappa shape index (κ1) is 20.9. The summed E-state index contributed by atoms with van der Waals surface area (Å²) in [6, 6.07) is 0. The number of nitrogens with one attached hydrogen (secondary N) is 1. The van der Waals surface area contributed by atoms with Gasteiger partial charge >= 0.3 is 0 Å². The Morgan fingerprint density at radius 3 is 2.69 bits per heavy atom. The molecule has 1 unspecified atom stereocenters. The molecule has 1 N–H and O–H groups in total. The zero-order chi connectivity index (χ0) is 18.8. The summed E-state index contributed by atoms with van der Waals surface area (Å²) in [7, 11) is 5.16. The number of likely N-dealkylation sites (tertiary alicyclic amines) is 1. The molecule has 1 atom stereocenters. The summed E-state index contributed by atoms with van der Waals surface area (Å²) in [4.78, 5) is 20.1. The van der Waals surface area contributed by atoms with Crippen molar-refractivity contribution < 1.29 is 19.0 Å². The lowest BCUT2D eigenvalue weighted by Gasteiger charge is -2.34. The molecule has 0 radical (unpaired) electrons. The van der Waals surface area contributed by atoms with Crippen molar-refractivity contribution in [1.29, 1.82) is 0 Å². The Bertz CT molecular complexity index is 444. The summed E-state index contributed by atoms with van der Waals surface area (Å²) in [6.07, 6.45) is 4.72. The number of amides is 1. The van der Waals surface area contributed by atoms with Gasteiger partial charge in [-0.1, -0.05) is 0 Å². The molecule has 0 aromatic heterocycles. The lowest BCUT2D eigenvalue weighted by Crippen LogP contribution is -2.48. The lowest BCUT2D eigenvalue weighted by molar-refractivity contribution is -0.127. The number of aliphatic imine (C=N–C) groups is 1. The van der Waals surface area contributed by atoms with Crippen LogP contribution in [0.1, 0.15) is 25.7 Å². The minimum atomic E-state index is -0.00850. The summed E-state index contributed by atoms with van der Waals surface area (Å²) in [5.74, 6) is 0.764. The molecule has 0 aromatic rings. The number of hydrogen-bond donors (Lipinski definition) is 1. The van der Waals surface area contributed by atoms with Crippen LogP contribution in [0, 0.1) is 0 Å². The third-order valence-corrected chi connectivity index (χ3v) is 4.74. The second-order valence-electron chi connectivity index (χ2n) is 7.00. The van der Waals surface area contributed by atoms with Gasteiger partial charge in [0.15, 0.2) is 5.96 Å². The maximum atomic E-state index is 11.8. The van der Waals surface area contributed by atoms with Crippen LogP contribution in [0.5, 0.6) is 0 Å². The van der Waals surface area contributed by atoms with Gasteiger partial charge in [0, 0.05) is 47.4 Å². The Balaban J connectivity index is 1.79. The Labute approximate surface area is 156 Å². The number of methoxy groups -OCH3 is 1. The van der Waals surface area contributed by atoms with Crippen LogP contribution in [-0.4, -0.2) is 101 Å². The second-order valence-corrected chi connectivity index (χ2v) is 7.00. The molecule has 0 saturated carbocycles. The van der Waals surface area contributed by atoms with E-state index in [0.717, 1.165) is 51.3 Å². The quantitative estimate of drug-likeness (QED) is 0.377. The first-order valence-electron chi connectivity index (χ1n) is 9.55. The topological polar surface area (TPSA) is 75.6 Å². The van der Waals surface area contributed by atoms with E-state index in [1.807, 2.05) is 0 Å². The van der Waals surface area contributed by atoms with Crippen molar-refractivity contribution in [2.45, 2.75) is 37.9 Å². The highest BCUT2D eigenvalue weighted by Gasteiger charge is 2.24. The summed E-state index contributed by atoms with van der Waals surface area (Å²) >= 11 is 0. The molecule has 26 heavy (non-hydrogen) atoms. The van der Waals surface area contributed by atoms with E-state index in [1.165, 1.54) is 0 Å². The van der Waals surface area contributed by atoms with Gasteiger partial charge in [-0.2, -0.15) is 0 Å². The Hall–Kier alpha value is -1.38. The molecular formula is C18H34N4O4. The van der Waals surface area contributed by atoms with E-state index in [4.69, 9.17) is 14.2 Å². The SMILES string of the molecule is COCCNC(=NCC(=O)N(C)C)N1CCC(OCC2CCCO2)CC1. The molecule has 2 aliphatic rings. The van der Waals surface area contributed by atoms with Crippen LogP contribution in [0.25, 0.3) is 0 Å². The largest absolute Gasteiger partial charge is 0.383 e. The second kappa shape index (κ2) is 11.4. The van der Waals surface area contributed by atoms with Crippen molar-refractivity contribution in [2.75, 3.05) is 67.2 Å². The Morgan fingerprint density at radius 1 is 1.31 bits per heavy atom. The van der Waals surface area contributed by atoms with Crippen LogP contribution < -0.4 is 5.32 Å². The van der Waals surface area contributed by atoms with Gasteiger partial charge < -0.3 is 29.3 Å². The molecule has 2 heterocycles. The Morgan fingerprint density at radius 2 is 2.08 bits per heavy atom. The van der Waals surface area contributed by atoms with Gasteiger partial charge in [0.05, 0.1) is 25.4 Å². The molecule has 8 nitrogen and oxygen atoms in total. The van der Waals surface area contributed by atoms with Gasteiger partial charge in [0.2, 0.25) is 5.91 Å². The number of ether oxygens (including phenoxy) is 3. The van der Waals surface area contributed by atoms with Gasteiger partial charge in [-0.25, -0.2) is 4.99 Å². The zero-order valence-corrected chi connectivity index (χ0v) is 16.4. The molecular weight excluding hydrogens is 336 g/mol. The first-order chi connectivity index (χ1) is 12.6. The van der Waals surface area contributed by atoms with E-state index in [2.05, 4.69) is 15.2 Å². The highest BCUT2D eigenvalue weighted by molar-refractivity contribution is 5.84. The van der Waals surface area contributed by atoms with Gasteiger partial charge in [0.25, 0.3) is 0 Å². The summed E-state index contributed by atoms with van der Waals surface area (Å²) in [5, 5.41) is 3.30. The van der Waals surface area contributed by atoms with E-state index in [0.29, 0.717) is 19.8 Å². The number of guanidine groups is 1. The van der Waals surface area contributed by atoms with Crippen molar-refractivity contribution >= 4 is 11.9 Å². The third-order valence-electron chi connectivity index (χ3n) is 4.74. The van der Waals surface area contributed by atoms with Crippen LogP contribution in [0.15, 0.2) is 4.99 Å².